The molecule has 1 aliphatic rings. The van der Waals surface area contributed by atoms with Crippen molar-refractivity contribution < 1.29 is 0 Å². The van der Waals surface area contributed by atoms with Gasteiger partial charge in [0.2, 0.25) is 0 Å². The van der Waals surface area contributed by atoms with Gasteiger partial charge in [0.1, 0.15) is 0 Å². The minimum absolute atomic E-state index is 0.110. The van der Waals surface area contributed by atoms with Crippen LogP contribution in [-0.2, 0) is 0 Å². The number of rotatable bonds is 0. The zero-order chi connectivity index (χ0) is 17.7. The summed E-state index contributed by atoms with van der Waals surface area (Å²) in [6.45, 7) is 29.2. The van der Waals surface area contributed by atoms with Crippen molar-refractivity contribution in [3.8, 4) is 0 Å². The average molecular weight is 309 g/mol. The molecule has 0 aliphatic carbocycles. The molecule has 1 unspecified atom stereocenters. The third-order valence-corrected chi connectivity index (χ3v) is 4.44. The van der Waals surface area contributed by atoms with Crippen molar-refractivity contribution in [2.75, 3.05) is 6.54 Å². The van der Waals surface area contributed by atoms with Crippen LogP contribution >= 0.6 is 0 Å². The van der Waals surface area contributed by atoms with Crippen LogP contribution in [0.4, 0.5) is 0 Å². The summed E-state index contributed by atoms with van der Waals surface area (Å²) in [4.78, 5) is 2.71. The fraction of sp³-hybridized carbons (Fsp3) is 0.900. The fourth-order valence-electron chi connectivity index (χ4n) is 3.50. The lowest BCUT2D eigenvalue weighted by molar-refractivity contribution is 0.0201. The van der Waals surface area contributed by atoms with Gasteiger partial charge in [-0.05, 0) is 26.2 Å². The summed E-state index contributed by atoms with van der Waals surface area (Å²) in [5.74, 6) is 0. The summed E-state index contributed by atoms with van der Waals surface area (Å²) < 4.78 is 0. The van der Waals surface area contributed by atoms with Crippen LogP contribution in [0, 0.1) is 16.2 Å². The minimum atomic E-state index is 0.110. The Hall–Kier alpha value is -0.660. The molecule has 1 aliphatic heterocycles. The third-order valence-electron chi connectivity index (χ3n) is 4.44. The highest BCUT2D eigenvalue weighted by molar-refractivity contribution is 5.28. The summed E-state index contributed by atoms with van der Waals surface area (Å²) in [5.41, 5.74) is 3.50. The Balaban J connectivity index is 3.65. The standard InChI is InChI=1S/C20H40N2/c1-17(2,3)14-13-21-15(18(4,5)6)16(19(7,8)9)22(14)20(10,11)12/h14,21H,13H2,1-12H3. The molecule has 0 amide bonds. The molecule has 2 nitrogen and oxygen atoms in total. The molecule has 0 bridgehead atoms. The summed E-state index contributed by atoms with van der Waals surface area (Å²) in [6.07, 6.45) is 0. The van der Waals surface area contributed by atoms with E-state index >= 15 is 0 Å². The lowest BCUT2D eigenvalue weighted by atomic mass is 9.74. The Labute approximate surface area is 139 Å². The van der Waals surface area contributed by atoms with Gasteiger partial charge in [-0.15, -0.1) is 0 Å². The van der Waals surface area contributed by atoms with Crippen LogP contribution in [0.25, 0.3) is 0 Å². The Kier molecular flexibility index (Phi) is 4.81. The maximum absolute atomic E-state index is 3.81. The second-order valence-electron chi connectivity index (χ2n) is 11.0. The van der Waals surface area contributed by atoms with Gasteiger partial charge in [0.05, 0.1) is 6.04 Å². The molecule has 0 saturated carbocycles. The molecule has 0 spiro atoms. The van der Waals surface area contributed by atoms with E-state index in [2.05, 4.69) is 93.3 Å². The van der Waals surface area contributed by atoms with E-state index in [4.69, 9.17) is 0 Å². The molecular formula is C20H40N2. The van der Waals surface area contributed by atoms with E-state index in [-0.39, 0.29) is 21.8 Å². The monoisotopic (exact) mass is 308 g/mol. The summed E-state index contributed by atoms with van der Waals surface area (Å²) in [6, 6.07) is 0.493. The van der Waals surface area contributed by atoms with Crippen molar-refractivity contribution in [3.63, 3.8) is 0 Å². The molecule has 0 radical (unpaired) electrons. The Morgan fingerprint density at radius 3 is 1.50 bits per heavy atom. The van der Waals surface area contributed by atoms with Gasteiger partial charge in [-0.2, -0.15) is 0 Å². The van der Waals surface area contributed by atoms with Crippen LogP contribution in [0.5, 0.6) is 0 Å². The second kappa shape index (κ2) is 5.46. The first kappa shape index (κ1) is 19.4. The van der Waals surface area contributed by atoms with Crippen molar-refractivity contribution >= 4 is 0 Å². The number of hydrogen-bond donors (Lipinski definition) is 1. The molecule has 2 heteroatoms. The molecule has 130 valence electrons. The van der Waals surface area contributed by atoms with E-state index in [0.717, 1.165) is 6.54 Å². The van der Waals surface area contributed by atoms with E-state index in [9.17, 15) is 0 Å². The highest BCUT2D eigenvalue weighted by Gasteiger charge is 2.45. The van der Waals surface area contributed by atoms with Gasteiger partial charge in [0.15, 0.2) is 0 Å². The van der Waals surface area contributed by atoms with Crippen LogP contribution in [0.2, 0.25) is 0 Å². The van der Waals surface area contributed by atoms with Gasteiger partial charge in [0.25, 0.3) is 0 Å². The number of nitrogens with zero attached hydrogens (tertiary/aromatic N) is 1. The second-order valence-corrected chi connectivity index (χ2v) is 11.0. The van der Waals surface area contributed by atoms with E-state index in [1.165, 1.54) is 11.4 Å². The molecule has 0 saturated heterocycles. The molecule has 0 fully saturated rings. The predicted molar refractivity (Wildman–Crippen MR) is 98.8 cm³/mol. The maximum Gasteiger partial charge on any atom is 0.0514 e. The van der Waals surface area contributed by atoms with Crippen LogP contribution < -0.4 is 5.32 Å². The van der Waals surface area contributed by atoms with Crippen molar-refractivity contribution in [1.29, 1.82) is 0 Å². The molecule has 1 rings (SSSR count). The van der Waals surface area contributed by atoms with Gasteiger partial charge in [-0.1, -0.05) is 62.3 Å². The highest BCUT2D eigenvalue weighted by Crippen LogP contribution is 2.45. The van der Waals surface area contributed by atoms with Gasteiger partial charge >= 0.3 is 0 Å². The molecule has 1 atom stereocenters. The first-order chi connectivity index (χ1) is 9.47. The van der Waals surface area contributed by atoms with E-state index < -0.39 is 0 Å². The van der Waals surface area contributed by atoms with Crippen molar-refractivity contribution in [2.45, 2.75) is 94.7 Å². The van der Waals surface area contributed by atoms with Crippen molar-refractivity contribution in [1.82, 2.24) is 10.2 Å². The Morgan fingerprint density at radius 1 is 0.773 bits per heavy atom. The van der Waals surface area contributed by atoms with Crippen LogP contribution in [0.3, 0.4) is 0 Å². The molecule has 0 aromatic carbocycles. The van der Waals surface area contributed by atoms with Crippen molar-refractivity contribution in [2.24, 2.45) is 16.2 Å². The minimum Gasteiger partial charge on any atom is -0.384 e. The van der Waals surface area contributed by atoms with Gasteiger partial charge in [0, 0.05) is 34.3 Å². The largest absolute Gasteiger partial charge is 0.384 e. The fourth-order valence-corrected chi connectivity index (χ4v) is 3.50. The smallest absolute Gasteiger partial charge is 0.0514 e. The molecule has 0 aromatic rings. The van der Waals surface area contributed by atoms with Crippen LogP contribution in [0.15, 0.2) is 11.4 Å². The van der Waals surface area contributed by atoms with Gasteiger partial charge < -0.3 is 10.2 Å². The summed E-state index contributed by atoms with van der Waals surface area (Å²) in [7, 11) is 0. The molecule has 22 heavy (non-hydrogen) atoms. The predicted octanol–water partition coefficient (Wildman–Crippen LogP) is 5.41. The summed E-state index contributed by atoms with van der Waals surface area (Å²) >= 11 is 0. The van der Waals surface area contributed by atoms with E-state index in [1.807, 2.05) is 0 Å². The highest BCUT2D eigenvalue weighted by atomic mass is 15.3. The van der Waals surface area contributed by atoms with E-state index in [0.29, 0.717) is 6.04 Å². The Bertz CT molecular complexity index is 430. The third kappa shape index (κ3) is 4.00. The van der Waals surface area contributed by atoms with Crippen LogP contribution in [-0.4, -0.2) is 23.0 Å². The number of nitrogens with one attached hydrogen (secondary N) is 1. The van der Waals surface area contributed by atoms with Crippen molar-refractivity contribution in [3.05, 3.63) is 11.4 Å². The Morgan fingerprint density at radius 2 is 1.23 bits per heavy atom. The maximum atomic E-state index is 3.81. The first-order valence-electron chi connectivity index (χ1n) is 8.76. The van der Waals surface area contributed by atoms with Crippen LogP contribution in [0.1, 0.15) is 83.1 Å². The van der Waals surface area contributed by atoms with Gasteiger partial charge in [-0.25, -0.2) is 0 Å². The molecule has 0 aromatic heterocycles. The SMILES string of the molecule is CC(C)(C)C1=C(C(C)(C)C)N(C(C)(C)C)C(C(C)(C)C)CN1. The van der Waals surface area contributed by atoms with Gasteiger partial charge in [-0.3, -0.25) is 0 Å². The average Bonchev–Trinajstić information content (AvgIpc) is 2.22. The summed E-state index contributed by atoms with van der Waals surface area (Å²) in [5, 5.41) is 3.81. The topological polar surface area (TPSA) is 15.3 Å². The number of hydrogen-bond acceptors (Lipinski definition) is 2. The lowest BCUT2D eigenvalue weighted by Gasteiger charge is -2.57. The molecule has 1 heterocycles. The normalized spacial score (nSPS) is 22.0. The molecule has 1 N–H and O–H groups in total. The van der Waals surface area contributed by atoms with E-state index in [1.54, 1.807) is 0 Å². The molecular weight excluding hydrogens is 268 g/mol. The zero-order valence-electron chi connectivity index (χ0n) is 17.2. The first-order valence-corrected chi connectivity index (χ1v) is 8.76. The quantitative estimate of drug-likeness (QED) is 0.644. The number of allylic oxidation sites excluding steroid dienone is 2. The lowest BCUT2D eigenvalue weighted by Crippen LogP contribution is -2.62. The zero-order valence-corrected chi connectivity index (χ0v) is 17.2.